The minimum absolute atomic E-state index is 0.00601. The number of carbonyl (C=O) groups excluding carboxylic acids is 2. The Bertz CT molecular complexity index is 503. The van der Waals surface area contributed by atoms with Crippen molar-refractivity contribution in [1.29, 1.82) is 0 Å². The Balaban J connectivity index is 1.61. The van der Waals surface area contributed by atoms with E-state index in [-0.39, 0.29) is 30.6 Å². The van der Waals surface area contributed by atoms with E-state index < -0.39 is 0 Å². The molecule has 1 aromatic heterocycles. The third-order valence-corrected chi connectivity index (χ3v) is 3.85. The van der Waals surface area contributed by atoms with Crippen LogP contribution in [0.2, 0.25) is 0 Å². The molecule has 1 unspecified atom stereocenters. The molecule has 0 aromatic carbocycles. The molecule has 1 atom stereocenters. The summed E-state index contributed by atoms with van der Waals surface area (Å²) in [7, 11) is 0. The zero-order chi connectivity index (χ0) is 13.6. The fourth-order valence-electron chi connectivity index (χ4n) is 2.63. The highest BCUT2D eigenvalue weighted by Crippen LogP contribution is 2.29. The van der Waals surface area contributed by atoms with Gasteiger partial charge in [0.2, 0.25) is 5.91 Å². The number of aryl methyl sites for hydroxylation is 1. The molecule has 2 aliphatic heterocycles. The van der Waals surface area contributed by atoms with Crippen LogP contribution in [0.3, 0.4) is 0 Å². The molecule has 1 aromatic rings. The minimum atomic E-state index is -0.267. The number of amides is 3. The second-order valence-electron chi connectivity index (χ2n) is 5.15. The van der Waals surface area contributed by atoms with E-state index in [9.17, 15) is 9.59 Å². The van der Waals surface area contributed by atoms with Gasteiger partial charge in [-0.15, -0.1) is 0 Å². The van der Waals surface area contributed by atoms with Crippen LogP contribution in [0.4, 0.5) is 4.79 Å². The van der Waals surface area contributed by atoms with Gasteiger partial charge in [0, 0.05) is 13.1 Å². The van der Waals surface area contributed by atoms with Gasteiger partial charge in [0.25, 0.3) is 0 Å². The summed E-state index contributed by atoms with van der Waals surface area (Å²) < 4.78 is 5.60. The van der Waals surface area contributed by atoms with Crippen molar-refractivity contribution < 1.29 is 14.0 Å². The number of nitrogens with zero attached hydrogens (tertiary/aromatic N) is 2. The smallest absolute Gasteiger partial charge is 0.324 e. The molecule has 2 fully saturated rings. The van der Waals surface area contributed by atoms with Gasteiger partial charge in [0.05, 0.1) is 18.6 Å². The Labute approximate surface area is 111 Å². The van der Waals surface area contributed by atoms with Crippen LogP contribution in [0.5, 0.6) is 0 Å². The molecule has 3 rings (SSSR count). The highest BCUT2D eigenvalue weighted by molar-refractivity contribution is 6.02. The van der Waals surface area contributed by atoms with Gasteiger partial charge >= 0.3 is 6.03 Å². The molecular formula is C13H17N3O3. The van der Waals surface area contributed by atoms with Crippen LogP contribution < -0.4 is 5.32 Å². The number of carbonyl (C=O) groups is 2. The number of hydrogen-bond donors (Lipinski definition) is 1. The first-order valence-corrected chi connectivity index (χ1v) is 6.46. The number of urea groups is 1. The van der Waals surface area contributed by atoms with Crippen LogP contribution >= 0.6 is 0 Å². The molecule has 3 amide bonds. The summed E-state index contributed by atoms with van der Waals surface area (Å²) in [6, 6.07) is 3.82. The van der Waals surface area contributed by atoms with Gasteiger partial charge in [-0.25, -0.2) is 4.79 Å². The molecule has 0 bridgehead atoms. The summed E-state index contributed by atoms with van der Waals surface area (Å²) >= 11 is 0. The number of imide groups is 1. The Morgan fingerprint density at radius 1 is 1.37 bits per heavy atom. The largest absolute Gasteiger partial charge is 0.465 e. The summed E-state index contributed by atoms with van der Waals surface area (Å²) in [5.41, 5.74) is 0. The minimum Gasteiger partial charge on any atom is -0.465 e. The van der Waals surface area contributed by atoms with Crippen LogP contribution in [0.1, 0.15) is 24.5 Å². The Hall–Kier alpha value is -1.82. The number of nitrogens with one attached hydrogen (secondary N) is 1. The van der Waals surface area contributed by atoms with Crippen molar-refractivity contribution in [1.82, 2.24) is 15.1 Å². The Kier molecular flexibility index (Phi) is 2.82. The SMILES string of the molecule is Cc1ccc(C(C)N2CC(N3C(=O)CNC3=O)C2)o1. The van der Waals surface area contributed by atoms with E-state index in [0.29, 0.717) is 13.1 Å². The fourth-order valence-corrected chi connectivity index (χ4v) is 2.63. The van der Waals surface area contributed by atoms with Crippen molar-refractivity contribution in [3.8, 4) is 0 Å². The lowest BCUT2D eigenvalue weighted by Gasteiger charge is -2.45. The maximum absolute atomic E-state index is 11.6. The van der Waals surface area contributed by atoms with Gasteiger partial charge in [0.1, 0.15) is 11.5 Å². The quantitative estimate of drug-likeness (QED) is 0.822. The standard InChI is InChI=1S/C13H17N3O3/c1-8-3-4-11(19-8)9(2)15-6-10(7-15)16-12(17)5-14-13(16)18/h3-4,9-10H,5-7H2,1-2H3,(H,14,18). The van der Waals surface area contributed by atoms with Crippen molar-refractivity contribution in [2.45, 2.75) is 25.9 Å². The summed E-state index contributed by atoms with van der Waals surface area (Å²) in [5.74, 6) is 1.69. The van der Waals surface area contributed by atoms with E-state index in [1.54, 1.807) is 0 Å². The highest BCUT2D eigenvalue weighted by Gasteiger charge is 2.43. The summed E-state index contributed by atoms with van der Waals surface area (Å²) in [4.78, 5) is 26.6. The lowest BCUT2D eigenvalue weighted by atomic mass is 10.0. The van der Waals surface area contributed by atoms with Gasteiger partial charge in [-0.3, -0.25) is 14.6 Å². The summed E-state index contributed by atoms with van der Waals surface area (Å²) in [5, 5.41) is 2.55. The van der Waals surface area contributed by atoms with E-state index in [1.165, 1.54) is 4.90 Å². The van der Waals surface area contributed by atoms with Gasteiger partial charge in [-0.05, 0) is 26.0 Å². The van der Waals surface area contributed by atoms with Gasteiger partial charge in [0.15, 0.2) is 0 Å². The van der Waals surface area contributed by atoms with Gasteiger partial charge < -0.3 is 9.73 Å². The van der Waals surface area contributed by atoms with Crippen molar-refractivity contribution >= 4 is 11.9 Å². The van der Waals surface area contributed by atoms with Crippen molar-refractivity contribution in [3.05, 3.63) is 23.7 Å². The molecule has 6 nitrogen and oxygen atoms in total. The first-order chi connectivity index (χ1) is 9.06. The molecular weight excluding hydrogens is 246 g/mol. The summed E-state index contributed by atoms with van der Waals surface area (Å²) in [6.45, 7) is 5.53. The molecule has 0 aliphatic carbocycles. The topological polar surface area (TPSA) is 65.8 Å². The molecule has 102 valence electrons. The lowest BCUT2D eigenvalue weighted by Crippen LogP contribution is -2.61. The van der Waals surface area contributed by atoms with Crippen LogP contribution in [-0.2, 0) is 4.79 Å². The normalized spacial score (nSPS) is 22.5. The predicted octanol–water partition coefficient (Wildman–Crippen LogP) is 0.885. The molecule has 0 saturated carbocycles. The number of furan rings is 1. The Morgan fingerprint density at radius 3 is 2.63 bits per heavy atom. The highest BCUT2D eigenvalue weighted by atomic mass is 16.3. The maximum Gasteiger partial charge on any atom is 0.324 e. The first kappa shape index (κ1) is 12.2. The molecule has 6 heteroatoms. The second kappa shape index (κ2) is 4.38. The number of likely N-dealkylation sites (tertiary alicyclic amines) is 1. The Morgan fingerprint density at radius 2 is 2.11 bits per heavy atom. The molecule has 0 radical (unpaired) electrons. The molecule has 0 spiro atoms. The first-order valence-electron chi connectivity index (χ1n) is 6.46. The molecule has 3 heterocycles. The molecule has 19 heavy (non-hydrogen) atoms. The molecule has 1 N–H and O–H groups in total. The number of rotatable bonds is 3. The van der Waals surface area contributed by atoms with Crippen molar-refractivity contribution in [2.24, 2.45) is 0 Å². The van der Waals surface area contributed by atoms with E-state index in [1.807, 2.05) is 19.1 Å². The van der Waals surface area contributed by atoms with E-state index in [2.05, 4.69) is 17.1 Å². The summed E-state index contributed by atoms with van der Waals surface area (Å²) in [6.07, 6.45) is 0. The average Bonchev–Trinajstić information content (AvgIpc) is 2.87. The van der Waals surface area contributed by atoms with Crippen molar-refractivity contribution in [2.75, 3.05) is 19.6 Å². The van der Waals surface area contributed by atoms with Crippen LogP contribution in [0, 0.1) is 6.92 Å². The van der Waals surface area contributed by atoms with Crippen molar-refractivity contribution in [3.63, 3.8) is 0 Å². The molecule has 2 saturated heterocycles. The van der Waals surface area contributed by atoms with Crippen LogP contribution in [0.25, 0.3) is 0 Å². The van der Waals surface area contributed by atoms with Gasteiger partial charge in [-0.1, -0.05) is 0 Å². The molecule has 2 aliphatic rings. The lowest BCUT2D eigenvalue weighted by molar-refractivity contribution is -0.129. The zero-order valence-corrected chi connectivity index (χ0v) is 11.0. The fraction of sp³-hybridized carbons (Fsp3) is 0.538. The monoisotopic (exact) mass is 263 g/mol. The number of hydrogen-bond acceptors (Lipinski definition) is 4. The van der Waals surface area contributed by atoms with E-state index in [4.69, 9.17) is 4.42 Å². The van der Waals surface area contributed by atoms with E-state index >= 15 is 0 Å². The van der Waals surface area contributed by atoms with E-state index in [0.717, 1.165) is 11.5 Å². The predicted molar refractivity (Wildman–Crippen MR) is 67.5 cm³/mol. The van der Waals surface area contributed by atoms with Gasteiger partial charge in [-0.2, -0.15) is 0 Å². The third kappa shape index (κ3) is 2.02. The van der Waals surface area contributed by atoms with Crippen LogP contribution in [-0.4, -0.2) is 47.4 Å². The van der Waals surface area contributed by atoms with Crippen LogP contribution in [0.15, 0.2) is 16.5 Å². The second-order valence-corrected chi connectivity index (χ2v) is 5.15. The zero-order valence-electron chi connectivity index (χ0n) is 11.0. The average molecular weight is 263 g/mol. The third-order valence-electron chi connectivity index (χ3n) is 3.85. The maximum atomic E-state index is 11.6.